The number of rotatable bonds is 7. The lowest BCUT2D eigenvalue weighted by Crippen LogP contribution is -2.42. The summed E-state index contributed by atoms with van der Waals surface area (Å²) in [6.45, 7) is 8.24. The molecule has 0 saturated carbocycles. The number of aliphatic imine (C=N–C) groups is 1. The van der Waals surface area contributed by atoms with Crippen LogP contribution in [0.1, 0.15) is 54.9 Å². The molecule has 2 heterocycles. The summed E-state index contributed by atoms with van der Waals surface area (Å²) < 4.78 is 0. The van der Waals surface area contributed by atoms with Crippen molar-refractivity contribution in [2.24, 2.45) is 4.99 Å². The number of hydrogen-bond donors (Lipinski definition) is 2. The molecule has 1 atom stereocenters. The fourth-order valence-corrected chi connectivity index (χ4v) is 4.28. The highest BCUT2D eigenvalue weighted by atomic mass is 32.1. The summed E-state index contributed by atoms with van der Waals surface area (Å²) in [6, 6.07) is 11.2. The summed E-state index contributed by atoms with van der Waals surface area (Å²) >= 11 is 1.73. The van der Waals surface area contributed by atoms with Crippen LogP contribution in [0.2, 0.25) is 0 Å². The first-order chi connectivity index (χ1) is 13.2. The Bertz CT molecular complexity index is 719. The number of nitrogens with zero attached hydrogens (tertiary/aromatic N) is 3. The lowest BCUT2D eigenvalue weighted by atomic mass is 10.1. The van der Waals surface area contributed by atoms with Crippen molar-refractivity contribution < 1.29 is 0 Å². The molecule has 146 valence electrons. The van der Waals surface area contributed by atoms with Gasteiger partial charge in [0, 0.05) is 24.9 Å². The van der Waals surface area contributed by atoms with Gasteiger partial charge in [0.2, 0.25) is 0 Å². The Morgan fingerprint density at radius 1 is 1.19 bits per heavy atom. The second-order valence-corrected chi connectivity index (χ2v) is 8.20. The highest BCUT2D eigenvalue weighted by molar-refractivity contribution is 7.09. The number of guanidine groups is 1. The summed E-state index contributed by atoms with van der Waals surface area (Å²) in [5.41, 5.74) is 2.44. The average molecular weight is 386 g/mol. The maximum atomic E-state index is 4.69. The first kappa shape index (κ1) is 19.8. The molecule has 1 unspecified atom stereocenters. The fraction of sp³-hybridized carbons (Fsp3) is 0.524. The van der Waals surface area contributed by atoms with Gasteiger partial charge in [-0.2, -0.15) is 0 Å². The van der Waals surface area contributed by atoms with Gasteiger partial charge in [0.1, 0.15) is 0 Å². The van der Waals surface area contributed by atoms with Crippen molar-refractivity contribution in [1.29, 1.82) is 0 Å². The molecule has 1 aromatic heterocycles. The van der Waals surface area contributed by atoms with E-state index in [1.165, 1.54) is 36.5 Å². The Morgan fingerprint density at radius 3 is 2.56 bits per heavy atom. The van der Waals surface area contributed by atoms with Crippen LogP contribution < -0.4 is 10.6 Å². The van der Waals surface area contributed by atoms with Gasteiger partial charge in [-0.3, -0.25) is 9.89 Å². The van der Waals surface area contributed by atoms with Crippen LogP contribution in [0.5, 0.6) is 0 Å². The molecule has 2 N–H and O–H groups in total. The fourth-order valence-electron chi connectivity index (χ4n) is 3.44. The van der Waals surface area contributed by atoms with Crippen LogP contribution >= 0.6 is 11.3 Å². The van der Waals surface area contributed by atoms with E-state index in [1.54, 1.807) is 11.3 Å². The molecule has 27 heavy (non-hydrogen) atoms. The first-order valence-electron chi connectivity index (χ1n) is 9.85. The normalized spacial score (nSPS) is 16.7. The topological polar surface area (TPSA) is 52.6 Å². The molecule has 3 rings (SSSR count). The Hall–Kier alpha value is -1.92. The van der Waals surface area contributed by atoms with Crippen LogP contribution in [0, 0.1) is 0 Å². The number of likely N-dealkylation sites (tertiary alicyclic amines) is 1. The third-order valence-corrected chi connectivity index (χ3v) is 6.15. The van der Waals surface area contributed by atoms with Crippen molar-refractivity contribution in [3.8, 4) is 0 Å². The maximum absolute atomic E-state index is 4.69. The van der Waals surface area contributed by atoms with E-state index in [2.05, 4.69) is 75.1 Å². The zero-order valence-electron chi connectivity index (χ0n) is 16.6. The minimum atomic E-state index is 0.374. The second kappa shape index (κ2) is 9.85. The van der Waals surface area contributed by atoms with Gasteiger partial charge in [-0.25, -0.2) is 4.98 Å². The first-order valence-corrected chi connectivity index (χ1v) is 10.7. The summed E-state index contributed by atoms with van der Waals surface area (Å²) in [7, 11) is 1.82. The largest absolute Gasteiger partial charge is 0.354 e. The molecular weight excluding hydrogens is 354 g/mol. The van der Waals surface area contributed by atoms with Crippen LogP contribution in [0.4, 0.5) is 0 Å². The number of hydrogen-bond acceptors (Lipinski definition) is 4. The summed E-state index contributed by atoms with van der Waals surface area (Å²) in [6.07, 6.45) is 2.58. The minimum absolute atomic E-state index is 0.374. The Labute approximate surface area is 166 Å². The van der Waals surface area contributed by atoms with E-state index in [0.717, 1.165) is 18.2 Å². The molecule has 1 aromatic carbocycles. The average Bonchev–Trinajstić information content (AvgIpc) is 3.37. The smallest absolute Gasteiger partial charge is 0.191 e. The Kier molecular flexibility index (Phi) is 7.24. The standard InChI is InChI=1S/C21H31N5S/c1-16(2)20-25-18(15-27-20)13-23-21(22-3)24-14-19(26-11-7-8-12-26)17-9-5-4-6-10-17/h4-6,9-10,15-16,19H,7-8,11-14H2,1-3H3,(H2,22,23,24). The van der Waals surface area contributed by atoms with Crippen molar-refractivity contribution in [3.05, 3.63) is 52.0 Å². The third kappa shape index (κ3) is 5.53. The third-order valence-electron chi connectivity index (χ3n) is 4.95. The Balaban J connectivity index is 1.57. The van der Waals surface area contributed by atoms with Gasteiger partial charge < -0.3 is 10.6 Å². The van der Waals surface area contributed by atoms with Crippen molar-refractivity contribution in [3.63, 3.8) is 0 Å². The van der Waals surface area contributed by atoms with E-state index in [1.807, 2.05) is 7.05 Å². The molecular formula is C21H31N5S. The van der Waals surface area contributed by atoms with Crippen LogP contribution in [0.15, 0.2) is 40.7 Å². The zero-order chi connectivity index (χ0) is 19.1. The molecule has 0 spiro atoms. The van der Waals surface area contributed by atoms with Crippen molar-refractivity contribution in [1.82, 2.24) is 20.5 Å². The van der Waals surface area contributed by atoms with Gasteiger partial charge in [-0.05, 0) is 31.5 Å². The number of nitrogens with one attached hydrogen (secondary N) is 2. The summed E-state index contributed by atoms with van der Waals surface area (Å²) in [4.78, 5) is 11.7. The second-order valence-electron chi connectivity index (χ2n) is 7.31. The van der Waals surface area contributed by atoms with Crippen LogP contribution in [0.3, 0.4) is 0 Å². The predicted molar refractivity (Wildman–Crippen MR) is 114 cm³/mol. The molecule has 0 amide bonds. The van der Waals surface area contributed by atoms with E-state index in [-0.39, 0.29) is 0 Å². The predicted octanol–water partition coefficient (Wildman–Crippen LogP) is 3.77. The van der Waals surface area contributed by atoms with E-state index in [4.69, 9.17) is 0 Å². The monoisotopic (exact) mass is 385 g/mol. The van der Waals surface area contributed by atoms with Crippen LogP contribution in [-0.2, 0) is 6.54 Å². The van der Waals surface area contributed by atoms with Crippen molar-refractivity contribution in [2.75, 3.05) is 26.7 Å². The van der Waals surface area contributed by atoms with Gasteiger partial charge in [0.05, 0.1) is 23.3 Å². The highest BCUT2D eigenvalue weighted by Crippen LogP contribution is 2.24. The van der Waals surface area contributed by atoms with Crippen LogP contribution in [0.25, 0.3) is 0 Å². The summed E-state index contributed by atoms with van der Waals surface area (Å²) in [5.74, 6) is 1.31. The lowest BCUT2D eigenvalue weighted by molar-refractivity contribution is 0.245. The SMILES string of the molecule is CN=C(NCc1csc(C(C)C)n1)NCC(c1ccccc1)N1CCCC1. The molecule has 1 saturated heterocycles. The minimum Gasteiger partial charge on any atom is -0.354 e. The molecule has 0 aliphatic carbocycles. The van der Waals surface area contributed by atoms with Gasteiger partial charge in [0.15, 0.2) is 5.96 Å². The zero-order valence-corrected chi connectivity index (χ0v) is 17.4. The van der Waals surface area contributed by atoms with Crippen molar-refractivity contribution in [2.45, 2.75) is 45.2 Å². The van der Waals surface area contributed by atoms with Gasteiger partial charge in [0.25, 0.3) is 0 Å². The molecule has 0 radical (unpaired) electrons. The van der Waals surface area contributed by atoms with Crippen LogP contribution in [-0.4, -0.2) is 42.5 Å². The molecule has 1 fully saturated rings. The lowest BCUT2D eigenvalue weighted by Gasteiger charge is -2.28. The van der Waals surface area contributed by atoms with E-state index < -0.39 is 0 Å². The number of benzene rings is 1. The molecule has 0 bridgehead atoms. The Morgan fingerprint density at radius 2 is 1.93 bits per heavy atom. The van der Waals surface area contributed by atoms with E-state index >= 15 is 0 Å². The molecule has 1 aliphatic rings. The summed E-state index contributed by atoms with van der Waals surface area (Å²) in [5, 5.41) is 10.2. The molecule has 6 heteroatoms. The number of thiazole rings is 1. The van der Waals surface area contributed by atoms with E-state index in [9.17, 15) is 0 Å². The quantitative estimate of drug-likeness (QED) is 0.563. The van der Waals surface area contributed by atoms with Crippen molar-refractivity contribution >= 4 is 17.3 Å². The maximum Gasteiger partial charge on any atom is 0.191 e. The number of aromatic nitrogens is 1. The van der Waals surface area contributed by atoms with Gasteiger partial charge in [-0.15, -0.1) is 11.3 Å². The molecule has 5 nitrogen and oxygen atoms in total. The molecule has 2 aromatic rings. The highest BCUT2D eigenvalue weighted by Gasteiger charge is 2.23. The van der Waals surface area contributed by atoms with E-state index in [0.29, 0.717) is 18.5 Å². The van der Waals surface area contributed by atoms with Gasteiger partial charge >= 0.3 is 0 Å². The van der Waals surface area contributed by atoms with Gasteiger partial charge in [-0.1, -0.05) is 44.2 Å². The molecule has 1 aliphatic heterocycles.